The number of aryl methyl sites for hydroxylation is 2. The van der Waals surface area contributed by atoms with E-state index >= 15 is 0 Å². The highest BCUT2D eigenvalue weighted by Gasteiger charge is 2.16. The number of hydrogen-bond acceptors (Lipinski definition) is 6. The van der Waals surface area contributed by atoms with Crippen molar-refractivity contribution in [3.63, 3.8) is 0 Å². The first-order valence-electron chi connectivity index (χ1n) is 9.03. The molecule has 2 aromatic rings. The van der Waals surface area contributed by atoms with Gasteiger partial charge in [0.1, 0.15) is 11.5 Å². The van der Waals surface area contributed by atoms with Crippen LogP contribution in [0.15, 0.2) is 18.2 Å². The molecule has 0 spiro atoms. The molecule has 6 nitrogen and oxygen atoms in total. The van der Waals surface area contributed by atoms with Crippen molar-refractivity contribution in [1.82, 2.24) is 0 Å². The monoisotopic (exact) mass is 424 g/mol. The number of carboxylic acid groups (broad SMARTS) is 2. The molecule has 2 aromatic heterocycles. The predicted octanol–water partition coefficient (Wildman–Crippen LogP) is 5.10. The summed E-state index contributed by atoms with van der Waals surface area (Å²) < 4.78 is 11.4. The highest BCUT2D eigenvalue weighted by molar-refractivity contribution is 7.14. The summed E-state index contributed by atoms with van der Waals surface area (Å²) in [6.07, 6.45) is 5.90. The number of hydrogen-bond donors (Lipinski definition) is 2. The quantitative estimate of drug-likeness (QED) is 0.363. The van der Waals surface area contributed by atoms with Gasteiger partial charge in [-0.2, -0.15) is 0 Å². The first-order valence-corrected chi connectivity index (χ1v) is 10.7. The van der Waals surface area contributed by atoms with E-state index in [9.17, 15) is 14.7 Å². The van der Waals surface area contributed by atoms with E-state index in [0.29, 0.717) is 37.6 Å². The van der Waals surface area contributed by atoms with Gasteiger partial charge in [0.25, 0.3) is 0 Å². The fraction of sp³-hybridized carbons (Fsp3) is 0.400. The Balaban J connectivity index is 1.91. The highest BCUT2D eigenvalue weighted by Crippen LogP contribution is 2.32. The topological polar surface area (TPSA) is 93.1 Å². The number of rotatable bonds is 12. The molecule has 0 radical (unpaired) electrons. The first-order chi connectivity index (χ1) is 13.4. The van der Waals surface area contributed by atoms with Gasteiger partial charge in [0.05, 0.1) is 18.1 Å². The maximum absolute atomic E-state index is 11.4. The average Bonchev–Trinajstić information content (AvgIpc) is 3.20. The minimum Gasteiger partial charge on any atom is -0.492 e. The maximum Gasteiger partial charge on any atom is 0.349 e. The van der Waals surface area contributed by atoms with Crippen LogP contribution in [0.5, 0.6) is 11.5 Å². The smallest absolute Gasteiger partial charge is 0.349 e. The molecule has 0 amide bonds. The second-order valence-electron chi connectivity index (χ2n) is 6.12. The molecular formula is C20H24O6S2. The van der Waals surface area contributed by atoms with Gasteiger partial charge in [0, 0.05) is 15.8 Å². The highest BCUT2D eigenvalue weighted by atomic mass is 32.1. The van der Waals surface area contributed by atoms with Gasteiger partial charge in [-0.3, -0.25) is 0 Å². The zero-order chi connectivity index (χ0) is 20.5. The number of carboxylic acids is 2. The van der Waals surface area contributed by atoms with Crippen molar-refractivity contribution >= 4 is 40.7 Å². The van der Waals surface area contributed by atoms with E-state index in [0.717, 1.165) is 33.5 Å². The SMILES string of the molecule is CCCCOc1cc(CCCOc2cc(C)sc2/C=C/C(=O)O)sc1C(=O)O. The largest absolute Gasteiger partial charge is 0.492 e. The molecule has 0 aliphatic rings. The van der Waals surface area contributed by atoms with Crippen molar-refractivity contribution in [3.8, 4) is 11.5 Å². The molecule has 0 saturated carbocycles. The average molecular weight is 425 g/mol. The van der Waals surface area contributed by atoms with E-state index in [4.69, 9.17) is 14.6 Å². The molecule has 0 saturated heterocycles. The zero-order valence-corrected chi connectivity index (χ0v) is 17.5. The van der Waals surface area contributed by atoms with Crippen LogP contribution in [0.2, 0.25) is 0 Å². The number of aromatic carboxylic acids is 1. The third kappa shape index (κ3) is 6.69. The van der Waals surface area contributed by atoms with Crippen molar-refractivity contribution in [2.45, 2.75) is 39.5 Å². The van der Waals surface area contributed by atoms with Crippen molar-refractivity contribution in [1.29, 1.82) is 0 Å². The van der Waals surface area contributed by atoms with E-state index in [2.05, 4.69) is 6.92 Å². The Labute approximate surface area is 172 Å². The molecule has 0 atom stereocenters. The van der Waals surface area contributed by atoms with Crippen LogP contribution >= 0.6 is 22.7 Å². The summed E-state index contributed by atoms with van der Waals surface area (Å²) in [4.78, 5) is 25.1. The molecule has 0 aromatic carbocycles. The molecule has 28 heavy (non-hydrogen) atoms. The molecule has 2 N–H and O–H groups in total. The summed E-state index contributed by atoms with van der Waals surface area (Å²) in [6.45, 7) is 4.96. The zero-order valence-electron chi connectivity index (χ0n) is 15.9. The Kier molecular flexibility index (Phi) is 8.53. The van der Waals surface area contributed by atoms with Crippen molar-refractivity contribution < 1.29 is 29.3 Å². The number of thiophene rings is 2. The number of ether oxygens (including phenoxy) is 2. The minimum absolute atomic E-state index is 0.238. The fourth-order valence-corrected chi connectivity index (χ4v) is 4.29. The molecule has 2 rings (SSSR count). The van der Waals surface area contributed by atoms with Gasteiger partial charge in [0.2, 0.25) is 0 Å². The Hall–Kier alpha value is -2.32. The van der Waals surface area contributed by atoms with Crippen molar-refractivity contribution in [2.24, 2.45) is 0 Å². The lowest BCUT2D eigenvalue weighted by atomic mass is 10.2. The van der Waals surface area contributed by atoms with Crippen LogP contribution in [-0.4, -0.2) is 35.4 Å². The lowest BCUT2D eigenvalue weighted by Gasteiger charge is -2.04. The van der Waals surface area contributed by atoms with Crippen LogP contribution < -0.4 is 9.47 Å². The van der Waals surface area contributed by atoms with Crippen LogP contribution in [-0.2, 0) is 11.2 Å². The van der Waals surface area contributed by atoms with Gasteiger partial charge >= 0.3 is 11.9 Å². The van der Waals surface area contributed by atoms with Crippen molar-refractivity contribution in [2.75, 3.05) is 13.2 Å². The Morgan fingerprint density at radius 2 is 1.79 bits per heavy atom. The number of aliphatic carboxylic acids is 1. The van der Waals surface area contributed by atoms with E-state index in [1.165, 1.54) is 28.7 Å². The molecule has 2 heterocycles. The molecule has 0 aliphatic carbocycles. The lowest BCUT2D eigenvalue weighted by molar-refractivity contribution is -0.131. The van der Waals surface area contributed by atoms with Gasteiger partial charge < -0.3 is 19.7 Å². The molecule has 152 valence electrons. The van der Waals surface area contributed by atoms with Crippen LogP contribution in [0, 0.1) is 6.92 Å². The van der Waals surface area contributed by atoms with Gasteiger partial charge in [-0.25, -0.2) is 9.59 Å². The second kappa shape index (κ2) is 10.9. The Bertz CT molecular complexity index is 834. The number of carbonyl (C=O) groups is 2. The fourth-order valence-electron chi connectivity index (χ4n) is 2.44. The van der Waals surface area contributed by atoms with Crippen LogP contribution in [0.3, 0.4) is 0 Å². The van der Waals surface area contributed by atoms with Gasteiger partial charge in [0.15, 0.2) is 4.88 Å². The second-order valence-corrected chi connectivity index (χ2v) is 8.55. The standard InChI is InChI=1S/C20H24O6S2/c1-3-4-9-26-16-12-14(28-19(16)20(23)24)6-5-10-25-15-11-13(2)27-17(15)7-8-18(21)22/h7-8,11-12H,3-6,9-10H2,1-2H3,(H,21,22)(H,23,24)/b8-7+. The Morgan fingerprint density at radius 3 is 2.46 bits per heavy atom. The maximum atomic E-state index is 11.4. The van der Waals surface area contributed by atoms with E-state index < -0.39 is 11.9 Å². The van der Waals surface area contributed by atoms with E-state index in [1.807, 2.05) is 13.0 Å². The molecule has 0 aliphatic heterocycles. The molecule has 0 fully saturated rings. The van der Waals surface area contributed by atoms with Crippen molar-refractivity contribution in [3.05, 3.63) is 37.7 Å². The van der Waals surface area contributed by atoms with Crippen LogP contribution in [0.1, 0.15) is 50.5 Å². The minimum atomic E-state index is -0.999. The molecular weight excluding hydrogens is 400 g/mol. The van der Waals surface area contributed by atoms with Gasteiger partial charge in [-0.05, 0) is 44.4 Å². The van der Waals surface area contributed by atoms with E-state index in [1.54, 1.807) is 6.07 Å². The van der Waals surface area contributed by atoms with Crippen LogP contribution in [0.25, 0.3) is 6.08 Å². The number of unbranched alkanes of at least 4 members (excludes halogenated alkanes) is 1. The summed E-state index contributed by atoms with van der Waals surface area (Å²) >= 11 is 2.71. The predicted molar refractivity (Wildman–Crippen MR) is 111 cm³/mol. The lowest BCUT2D eigenvalue weighted by Crippen LogP contribution is -2.00. The summed E-state index contributed by atoms with van der Waals surface area (Å²) in [5.41, 5.74) is 0. The third-order valence-corrected chi connectivity index (χ3v) is 5.91. The summed E-state index contributed by atoms with van der Waals surface area (Å²) in [7, 11) is 0. The van der Waals surface area contributed by atoms with Gasteiger partial charge in [-0.15, -0.1) is 22.7 Å². The summed E-state index contributed by atoms with van der Waals surface area (Å²) in [6, 6.07) is 3.69. The third-order valence-electron chi connectivity index (χ3n) is 3.75. The first kappa shape index (κ1) is 22.0. The molecule has 0 bridgehead atoms. The van der Waals surface area contributed by atoms with Gasteiger partial charge in [-0.1, -0.05) is 13.3 Å². The van der Waals surface area contributed by atoms with Crippen LogP contribution in [0.4, 0.5) is 0 Å². The molecule has 8 heteroatoms. The normalized spacial score (nSPS) is 11.1. The Morgan fingerprint density at radius 1 is 1.07 bits per heavy atom. The summed E-state index contributed by atoms with van der Waals surface area (Å²) in [5, 5.41) is 18.1. The van der Waals surface area contributed by atoms with E-state index in [-0.39, 0.29) is 4.88 Å². The molecule has 0 unspecified atom stereocenters. The summed E-state index contributed by atoms with van der Waals surface area (Å²) in [5.74, 6) is -0.860.